The first-order valence-electron chi connectivity index (χ1n) is 8.25. The number of rotatable bonds is 5. The van der Waals surface area contributed by atoms with Gasteiger partial charge in [-0.25, -0.2) is 0 Å². The first-order valence-corrected chi connectivity index (χ1v) is 9.05. The molecule has 3 aromatic carbocycles. The van der Waals surface area contributed by atoms with Crippen LogP contribution in [0.5, 0.6) is 5.75 Å². The van der Waals surface area contributed by atoms with Crippen LogP contribution in [0.25, 0.3) is 11.1 Å². The van der Waals surface area contributed by atoms with Gasteiger partial charge < -0.3 is 4.74 Å². The minimum Gasteiger partial charge on any atom is -0.483 e. The van der Waals surface area contributed by atoms with E-state index >= 15 is 0 Å². The zero-order valence-corrected chi connectivity index (χ0v) is 15.9. The maximum Gasteiger partial charge on any atom is 0.276 e. The average molecular weight is 425 g/mol. The maximum absolute atomic E-state index is 12.0. The predicted octanol–water partition coefficient (Wildman–Crippen LogP) is 3.96. The first-order chi connectivity index (χ1) is 13.1. The molecule has 0 unspecified atom stereocenters. The summed E-state index contributed by atoms with van der Waals surface area (Å²) in [4.78, 5) is 24.0. The van der Waals surface area contributed by atoms with Gasteiger partial charge in [0, 0.05) is 15.6 Å². The van der Waals surface area contributed by atoms with E-state index in [1.54, 1.807) is 24.3 Å². The predicted molar refractivity (Wildman–Crippen MR) is 107 cm³/mol. The molecule has 0 aliphatic carbocycles. The lowest BCUT2D eigenvalue weighted by Gasteiger charge is -2.12. The van der Waals surface area contributed by atoms with Crippen molar-refractivity contribution in [1.29, 1.82) is 0 Å². The molecule has 0 spiro atoms. The molecular weight excluding hydrogens is 408 g/mol. The number of hydrogen-bond donors (Lipinski definition) is 2. The Morgan fingerprint density at radius 2 is 1.59 bits per heavy atom. The monoisotopic (exact) mass is 424 g/mol. The van der Waals surface area contributed by atoms with Gasteiger partial charge in [-0.3, -0.25) is 20.4 Å². The molecule has 0 aliphatic heterocycles. The molecule has 2 N–H and O–H groups in total. The fraction of sp³-hybridized carbons (Fsp3) is 0.0476. The Bertz CT molecular complexity index is 945. The van der Waals surface area contributed by atoms with E-state index in [1.165, 1.54) is 0 Å². The van der Waals surface area contributed by atoms with E-state index in [0.29, 0.717) is 11.3 Å². The molecule has 0 saturated carbocycles. The van der Waals surface area contributed by atoms with Crippen molar-refractivity contribution in [3.63, 3.8) is 0 Å². The molecule has 3 rings (SSSR count). The van der Waals surface area contributed by atoms with Crippen molar-refractivity contribution in [3.05, 3.63) is 88.9 Å². The molecular formula is C21H17BrN2O3. The van der Waals surface area contributed by atoms with Gasteiger partial charge in [-0.05, 0) is 29.8 Å². The van der Waals surface area contributed by atoms with E-state index in [2.05, 4.69) is 26.8 Å². The number of amides is 2. The van der Waals surface area contributed by atoms with Gasteiger partial charge in [0.1, 0.15) is 5.75 Å². The van der Waals surface area contributed by atoms with Crippen LogP contribution in [-0.2, 0) is 4.79 Å². The van der Waals surface area contributed by atoms with E-state index in [0.717, 1.165) is 15.6 Å². The highest BCUT2D eigenvalue weighted by Gasteiger charge is 2.10. The number of halogens is 1. The van der Waals surface area contributed by atoms with Gasteiger partial charge in [0.15, 0.2) is 6.61 Å². The van der Waals surface area contributed by atoms with Crippen molar-refractivity contribution in [3.8, 4) is 16.9 Å². The highest BCUT2D eigenvalue weighted by atomic mass is 79.9. The largest absolute Gasteiger partial charge is 0.483 e. The molecule has 136 valence electrons. The van der Waals surface area contributed by atoms with Crippen molar-refractivity contribution in [1.82, 2.24) is 10.9 Å². The smallest absolute Gasteiger partial charge is 0.276 e. The van der Waals surface area contributed by atoms with Crippen LogP contribution in [0.2, 0.25) is 0 Å². The van der Waals surface area contributed by atoms with Crippen LogP contribution in [0.1, 0.15) is 10.4 Å². The van der Waals surface area contributed by atoms with Crippen molar-refractivity contribution < 1.29 is 14.3 Å². The molecule has 0 aromatic heterocycles. The fourth-order valence-corrected chi connectivity index (χ4v) is 2.86. The summed E-state index contributed by atoms with van der Waals surface area (Å²) in [6.07, 6.45) is 0. The van der Waals surface area contributed by atoms with Crippen molar-refractivity contribution >= 4 is 27.7 Å². The third-order valence-corrected chi connectivity index (χ3v) is 4.23. The van der Waals surface area contributed by atoms with Crippen molar-refractivity contribution in [2.45, 2.75) is 0 Å². The van der Waals surface area contributed by atoms with Crippen LogP contribution in [-0.4, -0.2) is 18.4 Å². The molecule has 0 heterocycles. The Balaban J connectivity index is 1.56. The van der Waals surface area contributed by atoms with Crippen molar-refractivity contribution in [2.75, 3.05) is 6.61 Å². The summed E-state index contributed by atoms with van der Waals surface area (Å²) in [7, 11) is 0. The Morgan fingerprint density at radius 1 is 0.852 bits per heavy atom. The van der Waals surface area contributed by atoms with Crippen LogP contribution < -0.4 is 15.6 Å². The molecule has 0 atom stereocenters. The topological polar surface area (TPSA) is 67.4 Å². The summed E-state index contributed by atoms with van der Waals surface area (Å²) in [5.74, 6) is -0.271. The summed E-state index contributed by atoms with van der Waals surface area (Å²) in [6, 6.07) is 24.1. The summed E-state index contributed by atoms with van der Waals surface area (Å²) in [5, 5.41) is 0. The van der Waals surface area contributed by atoms with Crippen molar-refractivity contribution in [2.24, 2.45) is 0 Å². The Labute approximate surface area is 165 Å². The molecule has 3 aromatic rings. The molecule has 0 saturated heterocycles. The SMILES string of the molecule is O=C(COc1ccccc1-c1ccccc1)NNC(=O)c1cccc(Br)c1. The zero-order valence-electron chi connectivity index (χ0n) is 14.3. The number of benzene rings is 3. The van der Waals surface area contributed by atoms with Gasteiger partial charge >= 0.3 is 0 Å². The van der Waals surface area contributed by atoms with Crippen LogP contribution in [0.15, 0.2) is 83.3 Å². The van der Waals surface area contributed by atoms with E-state index in [4.69, 9.17) is 4.74 Å². The van der Waals surface area contributed by atoms with Gasteiger partial charge in [0.05, 0.1) is 0 Å². The van der Waals surface area contributed by atoms with E-state index in [1.807, 2.05) is 54.6 Å². The molecule has 0 fully saturated rings. The molecule has 5 nitrogen and oxygen atoms in total. The number of para-hydroxylation sites is 1. The highest BCUT2D eigenvalue weighted by molar-refractivity contribution is 9.10. The second-order valence-corrected chi connectivity index (χ2v) is 6.58. The normalized spacial score (nSPS) is 10.1. The van der Waals surface area contributed by atoms with Gasteiger partial charge in [-0.15, -0.1) is 0 Å². The number of ether oxygens (including phenoxy) is 1. The molecule has 0 aliphatic rings. The Morgan fingerprint density at radius 3 is 2.37 bits per heavy atom. The lowest BCUT2D eigenvalue weighted by Crippen LogP contribution is -2.43. The summed E-state index contributed by atoms with van der Waals surface area (Å²) < 4.78 is 6.42. The van der Waals surface area contributed by atoms with E-state index < -0.39 is 11.8 Å². The van der Waals surface area contributed by atoms with E-state index in [9.17, 15) is 9.59 Å². The van der Waals surface area contributed by atoms with Gasteiger partial charge in [0.25, 0.3) is 11.8 Å². The van der Waals surface area contributed by atoms with Crippen LogP contribution in [0.4, 0.5) is 0 Å². The lowest BCUT2D eigenvalue weighted by molar-refractivity contribution is -0.123. The lowest BCUT2D eigenvalue weighted by atomic mass is 10.1. The second kappa shape index (κ2) is 9.00. The summed E-state index contributed by atoms with van der Waals surface area (Å²) in [5.41, 5.74) is 7.04. The third-order valence-electron chi connectivity index (χ3n) is 3.73. The highest BCUT2D eigenvalue weighted by Crippen LogP contribution is 2.29. The minimum absolute atomic E-state index is 0.220. The van der Waals surface area contributed by atoms with Crippen LogP contribution >= 0.6 is 15.9 Å². The number of nitrogens with one attached hydrogen (secondary N) is 2. The van der Waals surface area contributed by atoms with Gasteiger partial charge in [-0.2, -0.15) is 0 Å². The Hall–Kier alpha value is -3.12. The van der Waals surface area contributed by atoms with Crippen LogP contribution in [0.3, 0.4) is 0 Å². The molecule has 0 bridgehead atoms. The maximum atomic E-state index is 12.0. The third kappa shape index (κ3) is 5.18. The average Bonchev–Trinajstić information content (AvgIpc) is 2.71. The molecule has 0 radical (unpaired) electrons. The molecule has 27 heavy (non-hydrogen) atoms. The summed E-state index contributed by atoms with van der Waals surface area (Å²) >= 11 is 3.30. The fourth-order valence-electron chi connectivity index (χ4n) is 2.46. The number of hydrogen-bond acceptors (Lipinski definition) is 3. The molecule has 6 heteroatoms. The van der Waals surface area contributed by atoms with E-state index in [-0.39, 0.29) is 6.61 Å². The van der Waals surface area contributed by atoms with Gasteiger partial charge in [0.2, 0.25) is 0 Å². The molecule has 2 amide bonds. The standard InChI is InChI=1S/C21H17BrN2O3/c22-17-10-6-9-16(13-17)21(26)24-23-20(25)14-27-19-12-5-4-11-18(19)15-7-2-1-3-8-15/h1-13H,14H2,(H,23,25)(H,24,26). The number of carbonyl (C=O) groups excluding carboxylic acids is 2. The summed E-state index contributed by atoms with van der Waals surface area (Å²) in [6.45, 7) is -0.220. The quantitative estimate of drug-likeness (QED) is 0.609. The zero-order chi connectivity index (χ0) is 19.1. The first kappa shape index (κ1) is 18.7. The Kier molecular flexibility index (Phi) is 6.22. The number of carbonyl (C=O) groups is 2. The number of hydrazine groups is 1. The van der Waals surface area contributed by atoms with Crippen LogP contribution in [0, 0.1) is 0 Å². The second-order valence-electron chi connectivity index (χ2n) is 5.66. The minimum atomic E-state index is -0.457. The van der Waals surface area contributed by atoms with Gasteiger partial charge in [-0.1, -0.05) is 70.5 Å².